The van der Waals surface area contributed by atoms with Crippen LogP contribution in [-0.4, -0.2) is 31.1 Å². The number of halogens is 2. The van der Waals surface area contributed by atoms with Crippen molar-refractivity contribution in [1.29, 1.82) is 0 Å². The smallest absolute Gasteiger partial charge is 0.137 e. The third-order valence-corrected chi connectivity index (χ3v) is 4.21. The van der Waals surface area contributed by atoms with E-state index < -0.39 is 0 Å². The maximum absolute atomic E-state index is 13.3. The Kier molecular flexibility index (Phi) is 5.15. The van der Waals surface area contributed by atoms with Gasteiger partial charge >= 0.3 is 0 Å². The number of hydrogen-bond acceptors (Lipinski definition) is 2. The zero-order valence-corrected chi connectivity index (χ0v) is 12.3. The Hall–Kier alpha value is -0.450. The molecule has 1 atom stereocenters. The maximum Gasteiger partial charge on any atom is 0.137 e. The van der Waals surface area contributed by atoms with Gasteiger partial charge in [-0.1, -0.05) is 13.0 Å². The normalized spacial score (nSPS) is 20.5. The van der Waals surface area contributed by atoms with Gasteiger partial charge in [0.2, 0.25) is 0 Å². The average Bonchev–Trinajstić information content (AvgIpc) is 2.82. The Bertz CT molecular complexity index is 397. The Labute approximate surface area is 117 Å². The van der Waals surface area contributed by atoms with Crippen molar-refractivity contribution in [3.05, 3.63) is 34.1 Å². The van der Waals surface area contributed by atoms with E-state index in [0.717, 1.165) is 31.1 Å². The first-order valence-corrected chi connectivity index (χ1v) is 7.35. The van der Waals surface area contributed by atoms with Crippen molar-refractivity contribution in [3.63, 3.8) is 0 Å². The molecule has 1 unspecified atom stereocenters. The molecule has 1 saturated heterocycles. The molecular formula is C14H20BrFN2. The van der Waals surface area contributed by atoms with Gasteiger partial charge in [-0.15, -0.1) is 0 Å². The number of hydrogen-bond donors (Lipinski definition) is 1. The highest BCUT2D eigenvalue weighted by Crippen LogP contribution is 2.17. The van der Waals surface area contributed by atoms with Crippen molar-refractivity contribution in [2.45, 2.75) is 19.9 Å². The number of nitrogens with zero attached hydrogens (tertiary/aromatic N) is 1. The molecule has 1 fully saturated rings. The molecule has 100 valence electrons. The first kappa shape index (κ1) is 14.0. The van der Waals surface area contributed by atoms with E-state index in [0.29, 0.717) is 4.47 Å². The van der Waals surface area contributed by atoms with Crippen molar-refractivity contribution >= 4 is 15.9 Å². The predicted molar refractivity (Wildman–Crippen MR) is 76.0 cm³/mol. The first-order chi connectivity index (χ1) is 8.69. The highest BCUT2D eigenvalue weighted by atomic mass is 79.9. The Morgan fingerprint density at radius 1 is 1.50 bits per heavy atom. The largest absolute Gasteiger partial charge is 0.312 e. The molecule has 2 rings (SSSR count). The molecule has 1 aromatic rings. The lowest BCUT2D eigenvalue weighted by Crippen LogP contribution is -2.26. The zero-order valence-electron chi connectivity index (χ0n) is 10.8. The Morgan fingerprint density at radius 2 is 2.33 bits per heavy atom. The number of nitrogens with one attached hydrogen (secondary N) is 1. The van der Waals surface area contributed by atoms with Crippen LogP contribution in [0.3, 0.4) is 0 Å². The fourth-order valence-electron chi connectivity index (χ4n) is 2.44. The summed E-state index contributed by atoms with van der Waals surface area (Å²) in [4.78, 5) is 2.48. The molecular weight excluding hydrogens is 295 g/mol. The second kappa shape index (κ2) is 6.64. The van der Waals surface area contributed by atoms with Gasteiger partial charge in [-0.25, -0.2) is 4.39 Å². The molecule has 4 heteroatoms. The van der Waals surface area contributed by atoms with Crippen LogP contribution in [0, 0.1) is 11.7 Å². The van der Waals surface area contributed by atoms with Crippen molar-refractivity contribution in [3.8, 4) is 0 Å². The summed E-state index contributed by atoms with van der Waals surface area (Å²) >= 11 is 3.16. The van der Waals surface area contributed by atoms with Gasteiger partial charge in [-0.3, -0.25) is 0 Å². The summed E-state index contributed by atoms with van der Waals surface area (Å²) in [6, 6.07) is 5.30. The summed E-state index contributed by atoms with van der Waals surface area (Å²) in [7, 11) is 0. The van der Waals surface area contributed by atoms with Crippen LogP contribution in [0.25, 0.3) is 0 Å². The molecule has 0 aromatic heterocycles. The molecule has 0 radical (unpaired) electrons. The SMILES string of the molecule is CCN1CCC(CNCc2ccc(Br)c(F)c2)C1. The number of rotatable bonds is 5. The van der Waals surface area contributed by atoms with Crippen molar-refractivity contribution < 1.29 is 4.39 Å². The molecule has 1 aliphatic rings. The summed E-state index contributed by atoms with van der Waals surface area (Å²) in [6.45, 7) is 7.53. The molecule has 18 heavy (non-hydrogen) atoms. The van der Waals surface area contributed by atoms with Crippen LogP contribution in [0.15, 0.2) is 22.7 Å². The minimum atomic E-state index is -0.188. The van der Waals surface area contributed by atoms with E-state index in [1.807, 2.05) is 6.07 Å². The molecule has 0 amide bonds. The van der Waals surface area contributed by atoms with Gasteiger partial charge in [0.15, 0.2) is 0 Å². The van der Waals surface area contributed by atoms with Gasteiger partial charge in [-0.05, 0) is 65.6 Å². The lowest BCUT2D eigenvalue weighted by molar-refractivity contribution is 0.339. The maximum atomic E-state index is 13.3. The van der Waals surface area contributed by atoms with Crippen LogP contribution < -0.4 is 5.32 Å². The van der Waals surface area contributed by atoms with Crippen LogP contribution in [0.4, 0.5) is 4.39 Å². The van der Waals surface area contributed by atoms with Gasteiger partial charge in [0, 0.05) is 13.1 Å². The number of likely N-dealkylation sites (tertiary alicyclic amines) is 1. The van der Waals surface area contributed by atoms with Gasteiger partial charge < -0.3 is 10.2 Å². The summed E-state index contributed by atoms with van der Waals surface area (Å²) in [5.74, 6) is 0.553. The highest BCUT2D eigenvalue weighted by Gasteiger charge is 2.20. The third-order valence-electron chi connectivity index (χ3n) is 3.56. The fraction of sp³-hybridized carbons (Fsp3) is 0.571. The van der Waals surface area contributed by atoms with E-state index in [9.17, 15) is 4.39 Å². The summed E-state index contributed by atoms with van der Waals surface area (Å²) in [5.41, 5.74) is 1.00. The summed E-state index contributed by atoms with van der Waals surface area (Å²) in [5, 5.41) is 3.43. The first-order valence-electron chi connectivity index (χ1n) is 6.56. The van der Waals surface area contributed by atoms with Crippen molar-refractivity contribution in [1.82, 2.24) is 10.2 Å². The van der Waals surface area contributed by atoms with Crippen LogP contribution in [0.1, 0.15) is 18.9 Å². The molecule has 1 aliphatic heterocycles. The minimum absolute atomic E-state index is 0.188. The average molecular weight is 315 g/mol. The van der Waals surface area contributed by atoms with E-state index in [4.69, 9.17) is 0 Å². The minimum Gasteiger partial charge on any atom is -0.312 e. The second-order valence-electron chi connectivity index (χ2n) is 4.93. The molecule has 1 heterocycles. The fourth-order valence-corrected chi connectivity index (χ4v) is 2.68. The van der Waals surface area contributed by atoms with E-state index in [1.165, 1.54) is 19.5 Å². The third kappa shape index (κ3) is 3.77. The molecule has 0 spiro atoms. The van der Waals surface area contributed by atoms with Crippen LogP contribution in [-0.2, 0) is 6.54 Å². The van der Waals surface area contributed by atoms with Gasteiger partial charge in [0.1, 0.15) is 5.82 Å². The van der Waals surface area contributed by atoms with Crippen molar-refractivity contribution in [2.24, 2.45) is 5.92 Å². The second-order valence-corrected chi connectivity index (χ2v) is 5.78. The lowest BCUT2D eigenvalue weighted by atomic mass is 10.1. The standard InChI is InChI=1S/C14H20BrFN2/c1-2-18-6-5-12(10-18)9-17-8-11-3-4-13(15)14(16)7-11/h3-4,7,12,17H,2,5-6,8-10H2,1H3. The molecule has 0 aliphatic carbocycles. The summed E-state index contributed by atoms with van der Waals surface area (Å²) < 4.78 is 13.9. The van der Waals surface area contributed by atoms with Crippen LogP contribution in [0.2, 0.25) is 0 Å². The van der Waals surface area contributed by atoms with Crippen LogP contribution >= 0.6 is 15.9 Å². The van der Waals surface area contributed by atoms with Crippen LogP contribution in [0.5, 0.6) is 0 Å². The van der Waals surface area contributed by atoms with Gasteiger partial charge in [0.05, 0.1) is 4.47 Å². The predicted octanol–water partition coefficient (Wildman–Crippen LogP) is 3.02. The van der Waals surface area contributed by atoms with E-state index >= 15 is 0 Å². The zero-order chi connectivity index (χ0) is 13.0. The molecule has 0 bridgehead atoms. The number of benzene rings is 1. The monoisotopic (exact) mass is 314 g/mol. The quantitative estimate of drug-likeness (QED) is 0.898. The van der Waals surface area contributed by atoms with E-state index in [-0.39, 0.29) is 5.82 Å². The van der Waals surface area contributed by atoms with Gasteiger partial charge in [-0.2, -0.15) is 0 Å². The lowest BCUT2D eigenvalue weighted by Gasteiger charge is -2.13. The molecule has 0 saturated carbocycles. The van der Waals surface area contributed by atoms with E-state index in [2.05, 4.69) is 33.1 Å². The molecule has 2 nitrogen and oxygen atoms in total. The highest BCUT2D eigenvalue weighted by molar-refractivity contribution is 9.10. The topological polar surface area (TPSA) is 15.3 Å². The van der Waals surface area contributed by atoms with Gasteiger partial charge in [0.25, 0.3) is 0 Å². The Balaban J connectivity index is 1.73. The van der Waals surface area contributed by atoms with E-state index in [1.54, 1.807) is 12.1 Å². The summed E-state index contributed by atoms with van der Waals surface area (Å²) in [6.07, 6.45) is 1.27. The van der Waals surface area contributed by atoms with Crippen molar-refractivity contribution in [2.75, 3.05) is 26.2 Å². The molecule has 1 N–H and O–H groups in total. The Morgan fingerprint density at radius 3 is 3.00 bits per heavy atom. The molecule has 1 aromatic carbocycles.